The fraction of sp³-hybridized carbons (Fsp3) is 0.611. The molecule has 1 amide bonds. The van der Waals surface area contributed by atoms with E-state index >= 15 is 0 Å². The Morgan fingerprint density at radius 1 is 1.24 bits per heavy atom. The van der Waals surface area contributed by atoms with E-state index in [0.29, 0.717) is 6.54 Å². The summed E-state index contributed by atoms with van der Waals surface area (Å²) < 4.78 is 1.90. The zero-order valence-corrected chi connectivity index (χ0v) is 16.3. The van der Waals surface area contributed by atoms with Crippen LogP contribution in [-0.2, 0) is 23.3 Å². The van der Waals surface area contributed by atoms with Crippen molar-refractivity contribution in [3.05, 3.63) is 34.3 Å². The molecular weight excluding hydrogens is 334 g/mol. The zero-order valence-electron chi connectivity index (χ0n) is 15.5. The van der Waals surface area contributed by atoms with Gasteiger partial charge in [-0.1, -0.05) is 20.8 Å². The molecule has 3 heterocycles. The van der Waals surface area contributed by atoms with Crippen LogP contribution in [0.5, 0.6) is 0 Å². The quantitative estimate of drug-likeness (QED) is 0.838. The van der Waals surface area contributed by atoms with Gasteiger partial charge in [-0.05, 0) is 6.92 Å². The molecule has 0 saturated carbocycles. The minimum Gasteiger partial charge on any atom is -0.339 e. The van der Waals surface area contributed by atoms with Crippen molar-refractivity contribution in [3.63, 3.8) is 0 Å². The summed E-state index contributed by atoms with van der Waals surface area (Å²) in [5.74, 6) is 1.05. The van der Waals surface area contributed by atoms with Crippen molar-refractivity contribution >= 4 is 17.2 Å². The molecular formula is C18H27N5OS. The van der Waals surface area contributed by atoms with Gasteiger partial charge in [0.25, 0.3) is 0 Å². The van der Waals surface area contributed by atoms with E-state index in [0.717, 1.165) is 44.2 Å². The van der Waals surface area contributed by atoms with Crippen LogP contribution in [0, 0.1) is 6.92 Å². The van der Waals surface area contributed by atoms with Crippen LogP contribution in [0.3, 0.4) is 0 Å². The first kappa shape index (κ1) is 18.1. The summed E-state index contributed by atoms with van der Waals surface area (Å²) in [7, 11) is 0. The Bertz CT molecular complexity index is 722. The summed E-state index contributed by atoms with van der Waals surface area (Å²) in [5.41, 5.74) is 1.25. The average Bonchev–Trinajstić information content (AvgIpc) is 3.17. The van der Waals surface area contributed by atoms with E-state index in [4.69, 9.17) is 4.98 Å². The van der Waals surface area contributed by atoms with E-state index in [1.807, 2.05) is 22.6 Å². The standard InChI is InChI=1S/C18H27N5OS/c1-14-19-5-6-23(14)12-16(24)22-9-7-21(8-10-22)11-15-13-25-17(20-15)18(2,3)4/h5-6,13H,7-12H2,1-4H3. The van der Waals surface area contributed by atoms with Crippen LogP contribution in [0.15, 0.2) is 17.8 Å². The lowest BCUT2D eigenvalue weighted by atomic mass is 9.98. The summed E-state index contributed by atoms with van der Waals surface area (Å²) in [6.45, 7) is 13.1. The number of amides is 1. The molecule has 1 saturated heterocycles. The number of nitrogens with zero attached hydrogens (tertiary/aromatic N) is 5. The van der Waals surface area contributed by atoms with Crippen molar-refractivity contribution in [1.82, 2.24) is 24.3 Å². The van der Waals surface area contributed by atoms with Gasteiger partial charge in [0.15, 0.2) is 0 Å². The first-order valence-electron chi connectivity index (χ1n) is 8.75. The predicted molar refractivity (Wildman–Crippen MR) is 99.6 cm³/mol. The number of piperazine rings is 1. The molecule has 7 heteroatoms. The Morgan fingerprint density at radius 3 is 2.52 bits per heavy atom. The molecule has 3 rings (SSSR count). The van der Waals surface area contributed by atoms with E-state index in [1.54, 1.807) is 17.5 Å². The Labute approximate surface area is 153 Å². The highest BCUT2D eigenvalue weighted by atomic mass is 32.1. The van der Waals surface area contributed by atoms with Crippen molar-refractivity contribution in [2.24, 2.45) is 0 Å². The topological polar surface area (TPSA) is 54.3 Å². The number of hydrogen-bond acceptors (Lipinski definition) is 5. The van der Waals surface area contributed by atoms with Crippen molar-refractivity contribution in [2.45, 2.75) is 46.2 Å². The molecule has 0 spiro atoms. The normalized spacial score (nSPS) is 16.4. The van der Waals surface area contributed by atoms with E-state index in [9.17, 15) is 4.79 Å². The van der Waals surface area contributed by atoms with Gasteiger partial charge in [-0.3, -0.25) is 9.69 Å². The van der Waals surface area contributed by atoms with Crippen molar-refractivity contribution in [1.29, 1.82) is 0 Å². The van der Waals surface area contributed by atoms with Gasteiger partial charge in [-0.25, -0.2) is 9.97 Å². The van der Waals surface area contributed by atoms with Crippen LogP contribution in [0.1, 0.15) is 37.3 Å². The van der Waals surface area contributed by atoms with Crippen LogP contribution < -0.4 is 0 Å². The number of rotatable bonds is 4. The van der Waals surface area contributed by atoms with Crippen LogP contribution in [-0.4, -0.2) is 56.4 Å². The fourth-order valence-electron chi connectivity index (χ4n) is 2.93. The van der Waals surface area contributed by atoms with Crippen LogP contribution in [0.2, 0.25) is 0 Å². The second-order valence-corrected chi connectivity index (χ2v) is 8.51. The number of carbonyl (C=O) groups is 1. The smallest absolute Gasteiger partial charge is 0.242 e. The number of hydrogen-bond donors (Lipinski definition) is 0. The Kier molecular flexibility index (Phi) is 5.24. The minimum absolute atomic E-state index is 0.111. The molecule has 0 bridgehead atoms. The number of thiazole rings is 1. The second-order valence-electron chi connectivity index (χ2n) is 7.65. The molecule has 0 atom stereocenters. The Balaban J connectivity index is 1.49. The number of aromatic nitrogens is 3. The third-order valence-electron chi connectivity index (χ3n) is 4.53. The zero-order chi connectivity index (χ0) is 18.0. The second kappa shape index (κ2) is 7.25. The van der Waals surface area contributed by atoms with Gasteiger partial charge in [0, 0.05) is 55.9 Å². The molecule has 6 nitrogen and oxygen atoms in total. The van der Waals surface area contributed by atoms with E-state index in [2.05, 4.69) is 36.0 Å². The van der Waals surface area contributed by atoms with Gasteiger partial charge in [-0.15, -0.1) is 11.3 Å². The fourth-order valence-corrected chi connectivity index (χ4v) is 3.82. The highest BCUT2D eigenvalue weighted by molar-refractivity contribution is 7.09. The number of aryl methyl sites for hydroxylation is 1. The average molecular weight is 362 g/mol. The number of carbonyl (C=O) groups excluding carboxylic acids is 1. The maximum Gasteiger partial charge on any atom is 0.242 e. The molecule has 1 aliphatic heterocycles. The molecule has 136 valence electrons. The molecule has 2 aromatic rings. The van der Waals surface area contributed by atoms with Gasteiger partial charge >= 0.3 is 0 Å². The molecule has 0 radical (unpaired) electrons. The van der Waals surface area contributed by atoms with Crippen molar-refractivity contribution < 1.29 is 4.79 Å². The summed E-state index contributed by atoms with van der Waals surface area (Å²) in [6, 6.07) is 0. The maximum atomic E-state index is 12.4. The summed E-state index contributed by atoms with van der Waals surface area (Å²) in [4.78, 5) is 25.7. The minimum atomic E-state index is 0.111. The molecule has 0 unspecified atom stereocenters. The van der Waals surface area contributed by atoms with Gasteiger partial charge in [0.05, 0.1) is 10.7 Å². The van der Waals surface area contributed by atoms with Crippen LogP contribution in [0.25, 0.3) is 0 Å². The van der Waals surface area contributed by atoms with Gasteiger partial charge in [0.1, 0.15) is 12.4 Å². The SMILES string of the molecule is Cc1nccn1CC(=O)N1CCN(Cc2csc(C(C)(C)C)n2)CC1. The molecule has 0 N–H and O–H groups in total. The van der Waals surface area contributed by atoms with Gasteiger partial charge in [0.2, 0.25) is 5.91 Å². The lowest BCUT2D eigenvalue weighted by molar-refractivity contribution is -0.133. The van der Waals surface area contributed by atoms with Gasteiger partial charge in [-0.2, -0.15) is 0 Å². The maximum absolute atomic E-state index is 12.4. The van der Waals surface area contributed by atoms with Crippen molar-refractivity contribution in [2.75, 3.05) is 26.2 Å². The summed E-state index contributed by atoms with van der Waals surface area (Å²) in [6.07, 6.45) is 3.60. The molecule has 25 heavy (non-hydrogen) atoms. The molecule has 2 aromatic heterocycles. The van der Waals surface area contributed by atoms with E-state index in [1.165, 1.54) is 5.01 Å². The third-order valence-corrected chi connectivity index (χ3v) is 5.85. The monoisotopic (exact) mass is 361 g/mol. The van der Waals surface area contributed by atoms with Crippen LogP contribution in [0.4, 0.5) is 0 Å². The Hall–Kier alpha value is -1.73. The third kappa shape index (κ3) is 4.46. The summed E-state index contributed by atoms with van der Waals surface area (Å²) >= 11 is 1.74. The first-order chi connectivity index (χ1) is 11.8. The van der Waals surface area contributed by atoms with E-state index in [-0.39, 0.29) is 11.3 Å². The van der Waals surface area contributed by atoms with Gasteiger partial charge < -0.3 is 9.47 Å². The van der Waals surface area contributed by atoms with E-state index < -0.39 is 0 Å². The van der Waals surface area contributed by atoms with Crippen LogP contribution >= 0.6 is 11.3 Å². The molecule has 0 aliphatic carbocycles. The first-order valence-corrected chi connectivity index (χ1v) is 9.63. The molecule has 0 aromatic carbocycles. The lowest BCUT2D eigenvalue weighted by Gasteiger charge is -2.34. The summed E-state index contributed by atoms with van der Waals surface area (Å²) in [5, 5.41) is 3.35. The Morgan fingerprint density at radius 2 is 1.96 bits per heavy atom. The largest absolute Gasteiger partial charge is 0.339 e. The molecule has 1 fully saturated rings. The lowest BCUT2D eigenvalue weighted by Crippen LogP contribution is -2.49. The highest BCUT2D eigenvalue weighted by Gasteiger charge is 2.23. The van der Waals surface area contributed by atoms with Crippen molar-refractivity contribution in [3.8, 4) is 0 Å². The molecule has 1 aliphatic rings. The number of imidazole rings is 1. The predicted octanol–water partition coefficient (Wildman–Crippen LogP) is 2.29. The highest BCUT2D eigenvalue weighted by Crippen LogP contribution is 2.26.